The third-order valence-electron chi connectivity index (χ3n) is 4.60. The highest BCUT2D eigenvalue weighted by Crippen LogP contribution is 2.21. The number of amides is 1. The molecule has 0 spiro atoms. The number of carbonyl (C=O) groups excluding carboxylic acids is 1. The van der Waals surface area contributed by atoms with Crippen molar-refractivity contribution in [2.45, 2.75) is 59.3 Å². The van der Waals surface area contributed by atoms with E-state index in [1.807, 2.05) is 26.0 Å². The van der Waals surface area contributed by atoms with Gasteiger partial charge >= 0.3 is 0 Å². The summed E-state index contributed by atoms with van der Waals surface area (Å²) < 4.78 is 0. The zero-order valence-corrected chi connectivity index (χ0v) is 20.3. The number of nitrogens with zero attached hydrogens (tertiary/aromatic N) is 4. The molecule has 2 aromatic rings. The van der Waals surface area contributed by atoms with Gasteiger partial charge in [-0.15, -0.1) is 15.3 Å². The highest BCUT2D eigenvalue weighted by molar-refractivity contribution is 7.15. The molecule has 0 bridgehead atoms. The Morgan fingerprint density at radius 2 is 1.82 bits per heavy atom. The maximum absolute atomic E-state index is 11.9. The van der Waals surface area contributed by atoms with Crippen molar-refractivity contribution < 1.29 is 9.90 Å². The molecule has 0 aliphatic carbocycles. The molecule has 0 aliphatic heterocycles. The fourth-order valence-electron chi connectivity index (χ4n) is 2.91. The molecule has 3 N–H and O–H groups in total. The van der Waals surface area contributed by atoms with E-state index >= 15 is 0 Å². The van der Waals surface area contributed by atoms with Gasteiger partial charge in [0, 0.05) is 25.0 Å². The van der Waals surface area contributed by atoms with Gasteiger partial charge in [-0.05, 0) is 63.8 Å². The highest BCUT2D eigenvalue weighted by atomic mass is 32.1. The minimum Gasteiger partial charge on any atom is -0.513 e. The van der Waals surface area contributed by atoms with E-state index in [-0.39, 0.29) is 11.7 Å². The lowest BCUT2D eigenvalue weighted by Gasteiger charge is -2.06. The predicted molar refractivity (Wildman–Crippen MR) is 134 cm³/mol. The second kappa shape index (κ2) is 13.3. The van der Waals surface area contributed by atoms with Crippen LogP contribution in [0, 0.1) is 0 Å². The van der Waals surface area contributed by atoms with Crippen LogP contribution in [0.1, 0.15) is 57.2 Å². The summed E-state index contributed by atoms with van der Waals surface area (Å²) in [5.41, 5.74) is 3.41. The first-order valence-electron chi connectivity index (χ1n) is 10.8. The second-order valence-corrected chi connectivity index (χ2v) is 8.89. The van der Waals surface area contributed by atoms with Crippen LogP contribution < -0.4 is 10.6 Å². The topological polar surface area (TPSA) is 113 Å². The highest BCUT2D eigenvalue weighted by Gasteiger charge is 2.07. The summed E-state index contributed by atoms with van der Waals surface area (Å²) in [4.78, 5) is 11.9. The zero-order chi connectivity index (χ0) is 24.2. The standard InChI is InChI=1S/C24H32N6O2S/c1-6-16(2)15-22(32)26-21-12-11-20(27-28-21)9-7-8-10-23-29-30-24(33-23)25-18(4)13-17(3)14-19(5)31/h6,11-12,14,31H,3-4,7-10,13,15H2,1-2,5H3,(H,25,30)(H,26,28,32)/b16-6+,19-14+. The molecule has 0 aromatic carbocycles. The fourth-order valence-corrected chi connectivity index (χ4v) is 3.73. The van der Waals surface area contributed by atoms with E-state index in [0.717, 1.165) is 53.2 Å². The molecule has 0 saturated carbocycles. The molecule has 1 amide bonds. The lowest BCUT2D eigenvalue weighted by molar-refractivity contribution is -0.115. The molecule has 0 fully saturated rings. The Bertz CT molecular complexity index is 1020. The quantitative estimate of drug-likeness (QED) is 0.153. The number of aromatic nitrogens is 4. The predicted octanol–water partition coefficient (Wildman–Crippen LogP) is 5.52. The third kappa shape index (κ3) is 10.2. The number of carbonyl (C=O) groups is 1. The molecule has 9 heteroatoms. The lowest BCUT2D eigenvalue weighted by Crippen LogP contribution is -2.13. The lowest BCUT2D eigenvalue weighted by atomic mass is 10.1. The van der Waals surface area contributed by atoms with Crippen molar-refractivity contribution in [1.82, 2.24) is 20.4 Å². The summed E-state index contributed by atoms with van der Waals surface area (Å²) in [5.74, 6) is 0.591. The summed E-state index contributed by atoms with van der Waals surface area (Å²) in [6.45, 7) is 13.3. The van der Waals surface area contributed by atoms with Gasteiger partial charge < -0.3 is 15.7 Å². The van der Waals surface area contributed by atoms with E-state index in [1.165, 1.54) is 11.3 Å². The van der Waals surface area contributed by atoms with Crippen molar-refractivity contribution in [3.05, 3.63) is 70.7 Å². The summed E-state index contributed by atoms with van der Waals surface area (Å²) >= 11 is 1.50. The average Bonchev–Trinajstić information content (AvgIpc) is 3.18. The Balaban J connectivity index is 1.70. The largest absolute Gasteiger partial charge is 0.513 e. The summed E-state index contributed by atoms with van der Waals surface area (Å²) in [6, 6.07) is 3.68. The molecular formula is C24H32N6O2S. The van der Waals surface area contributed by atoms with Gasteiger partial charge in [-0.3, -0.25) is 4.79 Å². The van der Waals surface area contributed by atoms with E-state index in [0.29, 0.717) is 23.8 Å². The van der Waals surface area contributed by atoms with Gasteiger partial charge in [0.15, 0.2) is 5.82 Å². The van der Waals surface area contributed by atoms with Crippen LogP contribution in [0.3, 0.4) is 0 Å². The number of hydrogen-bond acceptors (Lipinski definition) is 8. The van der Waals surface area contributed by atoms with Crippen molar-refractivity contribution in [3.63, 3.8) is 0 Å². The number of hydrogen-bond donors (Lipinski definition) is 3. The first-order chi connectivity index (χ1) is 15.7. The number of anilines is 2. The average molecular weight is 469 g/mol. The molecule has 33 heavy (non-hydrogen) atoms. The van der Waals surface area contributed by atoms with Crippen LogP contribution in [0.5, 0.6) is 0 Å². The van der Waals surface area contributed by atoms with Crippen LogP contribution in [0.2, 0.25) is 0 Å². The molecule has 2 heterocycles. The van der Waals surface area contributed by atoms with E-state index in [1.54, 1.807) is 19.1 Å². The maximum atomic E-state index is 11.9. The van der Waals surface area contributed by atoms with Crippen LogP contribution in [-0.4, -0.2) is 31.4 Å². The second-order valence-electron chi connectivity index (χ2n) is 7.83. The molecule has 2 rings (SSSR count). The van der Waals surface area contributed by atoms with Crippen LogP contribution in [0.15, 0.2) is 60.0 Å². The minimum atomic E-state index is -0.0934. The first kappa shape index (κ1) is 25.9. The summed E-state index contributed by atoms with van der Waals surface area (Å²) in [6.07, 6.45) is 7.94. The Kier molecular flexibility index (Phi) is 10.4. The van der Waals surface area contributed by atoms with Crippen molar-refractivity contribution >= 4 is 28.2 Å². The molecule has 0 atom stereocenters. The minimum absolute atomic E-state index is 0.0934. The molecule has 0 unspecified atom stereocenters. The van der Waals surface area contributed by atoms with E-state index in [2.05, 4.69) is 44.2 Å². The van der Waals surface area contributed by atoms with Gasteiger partial charge in [0.25, 0.3) is 0 Å². The van der Waals surface area contributed by atoms with E-state index in [9.17, 15) is 9.90 Å². The van der Waals surface area contributed by atoms with Crippen LogP contribution in [0.4, 0.5) is 10.9 Å². The molecular weight excluding hydrogens is 436 g/mol. The number of aliphatic hydroxyl groups excluding tert-OH is 1. The Hall–Kier alpha value is -3.33. The third-order valence-corrected chi connectivity index (χ3v) is 5.50. The van der Waals surface area contributed by atoms with E-state index < -0.39 is 0 Å². The summed E-state index contributed by atoms with van der Waals surface area (Å²) in [7, 11) is 0. The Labute approximate surface area is 199 Å². The smallest absolute Gasteiger partial charge is 0.229 e. The van der Waals surface area contributed by atoms with Crippen LogP contribution in [-0.2, 0) is 17.6 Å². The van der Waals surface area contributed by atoms with E-state index in [4.69, 9.17) is 0 Å². The van der Waals surface area contributed by atoms with Crippen LogP contribution in [0.25, 0.3) is 0 Å². The van der Waals surface area contributed by atoms with Crippen molar-refractivity contribution in [2.75, 3.05) is 10.6 Å². The normalized spacial score (nSPS) is 11.8. The zero-order valence-electron chi connectivity index (χ0n) is 19.5. The van der Waals surface area contributed by atoms with Gasteiger partial charge in [-0.2, -0.15) is 5.10 Å². The molecule has 0 radical (unpaired) electrons. The summed E-state index contributed by atoms with van der Waals surface area (Å²) in [5, 5.41) is 33.5. The Morgan fingerprint density at radius 1 is 1.06 bits per heavy atom. The number of unbranched alkanes of at least 4 members (excludes halogenated alkanes) is 1. The van der Waals surface area contributed by atoms with Crippen molar-refractivity contribution in [1.29, 1.82) is 0 Å². The molecule has 2 aromatic heterocycles. The Morgan fingerprint density at radius 3 is 2.48 bits per heavy atom. The van der Waals surface area contributed by atoms with Crippen LogP contribution >= 0.6 is 11.3 Å². The molecule has 176 valence electrons. The molecule has 8 nitrogen and oxygen atoms in total. The monoisotopic (exact) mass is 468 g/mol. The van der Waals surface area contributed by atoms with Crippen molar-refractivity contribution in [3.8, 4) is 0 Å². The number of nitrogens with one attached hydrogen (secondary N) is 2. The van der Waals surface area contributed by atoms with Gasteiger partial charge in [0.2, 0.25) is 11.0 Å². The van der Waals surface area contributed by atoms with Gasteiger partial charge in [-0.25, -0.2) is 0 Å². The maximum Gasteiger partial charge on any atom is 0.229 e. The number of aryl methyl sites for hydroxylation is 2. The van der Waals surface area contributed by atoms with Gasteiger partial charge in [-0.1, -0.05) is 36.1 Å². The van der Waals surface area contributed by atoms with Gasteiger partial charge in [0.1, 0.15) is 5.01 Å². The number of rotatable bonds is 13. The molecule has 0 saturated heterocycles. The fraction of sp³-hybridized carbons (Fsp3) is 0.375. The SMILES string of the molecule is C=C(/C=C(\C)O)CC(=C)Nc1nnc(CCCCc2ccc(NC(=O)C/C(C)=C/C)nn2)s1. The number of allylic oxidation sites excluding steroid dienone is 4. The van der Waals surface area contributed by atoms with Gasteiger partial charge in [0.05, 0.1) is 11.5 Å². The van der Waals surface area contributed by atoms with Crippen molar-refractivity contribution in [2.24, 2.45) is 0 Å². The number of aliphatic hydroxyl groups is 1. The molecule has 0 aliphatic rings. The first-order valence-corrected chi connectivity index (χ1v) is 11.6.